The van der Waals surface area contributed by atoms with Crippen molar-refractivity contribution in [2.75, 3.05) is 32.7 Å². The predicted octanol–water partition coefficient (Wildman–Crippen LogP) is 3.91. The van der Waals surface area contributed by atoms with Crippen LogP contribution >= 0.6 is 0 Å². The van der Waals surface area contributed by atoms with E-state index < -0.39 is 18.6 Å². The summed E-state index contributed by atoms with van der Waals surface area (Å²) in [5.74, 6) is -4.83. The minimum absolute atomic E-state index is 0.432. The van der Waals surface area contributed by atoms with Gasteiger partial charge >= 0.3 is 12.1 Å². The number of alkyl halides is 5. The molecule has 1 aromatic rings. The SMILES string of the molecule is CCN(CC)CCCCNCc1cc(/C=N/CC(F)(F)C(F)(F)F)ccn1. The van der Waals surface area contributed by atoms with Gasteiger partial charge in [0.25, 0.3) is 0 Å². The van der Waals surface area contributed by atoms with Gasteiger partial charge < -0.3 is 10.2 Å². The summed E-state index contributed by atoms with van der Waals surface area (Å²) in [5.41, 5.74) is 1.10. The van der Waals surface area contributed by atoms with Crippen LogP contribution < -0.4 is 5.32 Å². The third-order valence-electron chi connectivity index (χ3n) is 4.06. The van der Waals surface area contributed by atoms with Gasteiger partial charge in [-0.2, -0.15) is 22.0 Å². The van der Waals surface area contributed by atoms with Crippen molar-refractivity contribution in [2.45, 2.75) is 45.3 Å². The van der Waals surface area contributed by atoms with Crippen LogP contribution in [-0.4, -0.2) is 60.9 Å². The Morgan fingerprint density at radius 1 is 1.15 bits per heavy atom. The van der Waals surface area contributed by atoms with Crippen molar-refractivity contribution >= 4 is 6.21 Å². The molecule has 27 heavy (non-hydrogen) atoms. The average Bonchev–Trinajstić information content (AvgIpc) is 2.60. The lowest BCUT2D eigenvalue weighted by molar-refractivity contribution is -0.276. The first-order valence-corrected chi connectivity index (χ1v) is 9.02. The van der Waals surface area contributed by atoms with E-state index in [1.807, 2.05) is 0 Å². The third kappa shape index (κ3) is 8.75. The summed E-state index contributed by atoms with van der Waals surface area (Å²) in [6.07, 6.45) is -1.01. The van der Waals surface area contributed by atoms with Gasteiger partial charge in [-0.25, -0.2) is 0 Å². The first kappa shape index (κ1) is 23.4. The molecule has 1 rings (SSSR count). The highest BCUT2D eigenvalue weighted by Crippen LogP contribution is 2.35. The average molecular weight is 394 g/mol. The number of nitrogens with zero attached hydrogens (tertiary/aromatic N) is 3. The molecule has 1 heterocycles. The topological polar surface area (TPSA) is 40.5 Å². The second-order valence-corrected chi connectivity index (χ2v) is 6.16. The van der Waals surface area contributed by atoms with E-state index in [2.05, 4.69) is 34.0 Å². The van der Waals surface area contributed by atoms with Crippen LogP contribution in [0.25, 0.3) is 0 Å². The molecule has 154 valence electrons. The third-order valence-corrected chi connectivity index (χ3v) is 4.06. The van der Waals surface area contributed by atoms with E-state index in [-0.39, 0.29) is 0 Å². The molecular weight excluding hydrogens is 367 g/mol. The molecule has 0 bridgehead atoms. The maximum absolute atomic E-state index is 12.8. The Morgan fingerprint density at radius 3 is 2.48 bits per heavy atom. The summed E-state index contributed by atoms with van der Waals surface area (Å²) in [7, 11) is 0. The fraction of sp³-hybridized carbons (Fsp3) is 0.667. The van der Waals surface area contributed by atoms with Gasteiger partial charge in [-0.3, -0.25) is 9.98 Å². The first-order valence-electron chi connectivity index (χ1n) is 9.02. The van der Waals surface area contributed by atoms with Crippen molar-refractivity contribution in [1.82, 2.24) is 15.2 Å². The van der Waals surface area contributed by atoms with E-state index >= 15 is 0 Å². The van der Waals surface area contributed by atoms with Gasteiger partial charge in [0.15, 0.2) is 0 Å². The van der Waals surface area contributed by atoms with Gasteiger partial charge in [-0.05, 0) is 56.7 Å². The Balaban J connectivity index is 2.38. The van der Waals surface area contributed by atoms with Crippen LogP contribution in [0.5, 0.6) is 0 Å². The summed E-state index contributed by atoms with van der Waals surface area (Å²) < 4.78 is 61.9. The van der Waals surface area contributed by atoms with E-state index in [1.54, 1.807) is 6.07 Å². The van der Waals surface area contributed by atoms with Crippen molar-refractivity contribution in [3.05, 3.63) is 29.6 Å². The van der Waals surface area contributed by atoms with Gasteiger partial charge in [-0.1, -0.05) is 13.8 Å². The predicted molar refractivity (Wildman–Crippen MR) is 96.4 cm³/mol. The van der Waals surface area contributed by atoms with Crippen LogP contribution in [0.15, 0.2) is 23.3 Å². The Labute approximate surface area is 156 Å². The summed E-state index contributed by atoms with van der Waals surface area (Å²) in [6.45, 7) is 7.08. The van der Waals surface area contributed by atoms with Crippen molar-refractivity contribution in [3.63, 3.8) is 0 Å². The zero-order valence-corrected chi connectivity index (χ0v) is 15.7. The lowest BCUT2D eigenvalue weighted by Gasteiger charge is -2.17. The lowest BCUT2D eigenvalue weighted by atomic mass is 10.2. The Hall–Kier alpha value is -1.61. The second kappa shape index (κ2) is 11.3. The highest BCUT2D eigenvalue weighted by molar-refractivity contribution is 5.79. The van der Waals surface area contributed by atoms with Crippen LogP contribution in [0.1, 0.15) is 37.9 Å². The lowest BCUT2D eigenvalue weighted by Crippen LogP contribution is -2.39. The molecule has 0 atom stereocenters. The Morgan fingerprint density at radius 2 is 1.85 bits per heavy atom. The van der Waals surface area contributed by atoms with Gasteiger partial charge in [0.1, 0.15) is 6.54 Å². The number of hydrogen-bond donors (Lipinski definition) is 1. The molecule has 0 radical (unpaired) electrons. The Bertz CT molecular complexity index is 571. The number of halogens is 5. The molecule has 1 aromatic heterocycles. The van der Waals surface area contributed by atoms with Crippen LogP contribution in [-0.2, 0) is 6.54 Å². The zero-order valence-electron chi connectivity index (χ0n) is 15.7. The fourth-order valence-electron chi connectivity index (χ4n) is 2.37. The van der Waals surface area contributed by atoms with Crippen molar-refractivity contribution in [3.8, 4) is 0 Å². The molecular formula is C18H27F5N4. The largest absolute Gasteiger partial charge is 0.455 e. The minimum Gasteiger partial charge on any atom is -0.311 e. The maximum Gasteiger partial charge on any atom is 0.455 e. The van der Waals surface area contributed by atoms with Crippen LogP contribution in [0.2, 0.25) is 0 Å². The molecule has 0 aliphatic heterocycles. The molecule has 4 nitrogen and oxygen atoms in total. The van der Waals surface area contributed by atoms with Crippen molar-refractivity contribution in [2.24, 2.45) is 4.99 Å². The highest BCUT2D eigenvalue weighted by Gasteiger charge is 2.57. The molecule has 0 saturated heterocycles. The van der Waals surface area contributed by atoms with Crippen LogP contribution in [0.4, 0.5) is 22.0 Å². The first-order chi connectivity index (χ1) is 12.7. The molecule has 0 unspecified atom stereocenters. The highest BCUT2D eigenvalue weighted by atomic mass is 19.4. The molecule has 0 saturated carbocycles. The fourth-order valence-corrected chi connectivity index (χ4v) is 2.37. The molecule has 0 fully saturated rings. The number of unbranched alkanes of at least 4 members (excludes halogenated alkanes) is 1. The van der Waals surface area contributed by atoms with E-state index in [9.17, 15) is 22.0 Å². The van der Waals surface area contributed by atoms with E-state index in [4.69, 9.17) is 0 Å². The normalized spacial score (nSPS) is 13.0. The molecule has 0 aromatic carbocycles. The van der Waals surface area contributed by atoms with Gasteiger partial charge in [0, 0.05) is 19.0 Å². The maximum atomic E-state index is 12.8. The van der Waals surface area contributed by atoms with Gasteiger partial charge in [0.05, 0.1) is 5.69 Å². The number of nitrogens with one attached hydrogen (secondary N) is 1. The molecule has 9 heteroatoms. The van der Waals surface area contributed by atoms with Gasteiger partial charge in [0.2, 0.25) is 0 Å². The standard InChI is InChI=1S/C18H27F5N4/c1-3-27(4-2)10-6-5-8-24-13-16-11-15(7-9-26-16)12-25-14-17(19,20)18(21,22)23/h7,9,11-12,24H,3-6,8,10,13-14H2,1-2H3/b25-12+. The number of pyridine rings is 1. The molecule has 1 N–H and O–H groups in total. The monoisotopic (exact) mass is 394 g/mol. The molecule has 0 aliphatic carbocycles. The zero-order chi connectivity index (χ0) is 20.3. The van der Waals surface area contributed by atoms with E-state index in [0.717, 1.165) is 45.2 Å². The molecule has 0 aliphatic rings. The minimum atomic E-state index is -5.59. The number of rotatable bonds is 12. The van der Waals surface area contributed by atoms with E-state index in [1.165, 1.54) is 12.3 Å². The van der Waals surface area contributed by atoms with E-state index in [0.29, 0.717) is 17.8 Å². The smallest absolute Gasteiger partial charge is 0.311 e. The summed E-state index contributed by atoms with van der Waals surface area (Å²) in [4.78, 5) is 9.73. The van der Waals surface area contributed by atoms with Crippen molar-refractivity contribution < 1.29 is 22.0 Å². The van der Waals surface area contributed by atoms with Crippen molar-refractivity contribution in [1.29, 1.82) is 0 Å². The summed E-state index contributed by atoms with van der Waals surface area (Å²) in [5, 5.41) is 3.24. The summed E-state index contributed by atoms with van der Waals surface area (Å²) in [6, 6.07) is 3.11. The number of aliphatic imine (C=N–C) groups is 1. The summed E-state index contributed by atoms with van der Waals surface area (Å²) >= 11 is 0. The molecule has 0 amide bonds. The molecule has 0 spiro atoms. The number of hydrogen-bond acceptors (Lipinski definition) is 4. The second-order valence-electron chi connectivity index (χ2n) is 6.16. The number of aromatic nitrogens is 1. The Kier molecular flexibility index (Phi) is 9.79. The quantitative estimate of drug-likeness (QED) is 0.332. The van der Waals surface area contributed by atoms with Gasteiger partial charge in [-0.15, -0.1) is 0 Å². The van der Waals surface area contributed by atoms with Crippen LogP contribution in [0.3, 0.4) is 0 Å². The van der Waals surface area contributed by atoms with Crippen LogP contribution in [0, 0.1) is 0 Å².